The van der Waals surface area contributed by atoms with Gasteiger partial charge in [0.1, 0.15) is 5.82 Å². The molecule has 3 rings (SSSR count). The summed E-state index contributed by atoms with van der Waals surface area (Å²) in [6.07, 6.45) is 1.59. The smallest absolute Gasteiger partial charge is 0.321 e. The average molecular weight is 416 g/mol. The first-order valence-corrected chi connectivity index (χ1v) is 11.0. The quantitative estimate of drug-likeness (QED) is 0.669. The molecule has 0 aliphatic carbocycles. The molecule has 154 valence electrons. The Kier molecular flexibility index (Phi) is 7.93. The van der Waals surface area contributed by atoms with Crippen LogP contribution in [-0.4, -0.2) is 42.2 Å². The van der Waals surface area contributed by atoms with E-state index in [2.05, 4.69) is 10.6 Å². The Bertz CT molecular complexity index is 819. The molecule has 1 heterocycles. The van der Waals surface area contributed by atoms with Gasteiger partial charge in [0.05, 0.1) is 5.92 Å². The number of likely N-dealkylation sites (tertiary alicyclic amines) is 1. The van der Waals surface area contributed by atoms with Crippen LogP contribution >= 0.6 is 11.8 Å². The van der Waals surface area contributed by atoms with Crippen LogP contribution in [0.25, 0.3) is 0 Å². The number of para-hydroxylation sites is 1. The molecule has 1 saturated heterocycles. The Balaban J connectivity index is 1.38. The maximum absolute atomic E-state index is 13.6. The van der Waals surface area contributed by atoms with Crippen LogP contribution in [0.3, 0.4) is 0 Å². The fourth-order valence-corrected chi connectivity index (χ4v) is 4.13. The number of benzene rings is 2. The van der Waals surface area contributed by atoms with Crippen LogP contribution in [-0.2, 0) is 10.5 Å². The van der Waals surface area contributed by atoms with Crippen molar-refractivity contribution < 1.29 is 14.0 Å². The first kappa shape index (κ1) is 21.2. The Morgan fingerprint density at radius 3 is 2.66 bits per heavy atom. The predicted molar refractivity (Wildman–Crippen MR) is 115 cm³/mol. The number of hydrogen-bond donors (Lipinski definition) is 2. The van der Waals surface area contributed by atoms with Gasteiger partial charge in [0.25, 0.3) is 0 Å². The van der Waals surface area contributed by atoms with E-state index in [1.807, 2.05) is 36.4 Å². The third kappa shape index (κ3) is 6.49. The minimum absolute atomic E-state index is 0.0197. The van der Waals surface area contributed by atoms with Gasteiger partial charge < -0.3 is 15.5 Å². The Labute approximate surface area is 175 Å². The van der Waals surface area contributed by atoms with E-state index in [4.69, 9.17) is 0 Å². The summed E-state index contributed by atoms with van der Waals surface area (Å²) in [7, 11) is 0. The molecule has 2 aromatic carbocycles. The second-order valence-electron chi connectivity index (χ2n) is 7.02. The molecule has 2 N–H and O–H groups in total. The van der Waals surface area contributed by atoms with Crippen LogP contribution in [0.15, 0.2) is 54.6 Å². The molecule has 1 aliphatic heterocycles. The lowest BCUT2D eigenvalue weighted by Crippen LogP contribution is -2.47. The van der Waals surface area contributed by atoms with Crippen molar-refractivity contribution in [3.63, 3.8) is 0 Å². The SMILES string of the molecule is O=C(NCCSCc1ccccc1F)[C@@H]1CCCN(C(=O)Nc2ccccc2)C1. The van der Waals surface area contributed by atoms with Gasteiger partial charge in [-0.2, -0.15) is 11.8 Å². The molecule has 3 amide bonds. The fraction of sp³-hybridized carbons (Fsp3) is 0.364. The molecule has 7 heteroatoms. The number of nitrogens with zero attached hydrogens (tertiary/aromatic N) is 1. The number of anilines is 1. The van der Waals surface area contributed by atoms with Crippen molar-refractivity contribution in [3.05, 3.63) is 66.0 Å². The van der Waals surface area contributed by atoms with E-state index in [-0.39, 0.29) is 23.7 Å². The van der Waals surface area contributed by atoms with Crippen LogP contribution < -0.4 is 10.6 Å². The van der Waals surface area contributed by atoms with Gasteiger partial charge in [-0.3, -0.25) is 4.79 Å². The highest BCUT2D eigenvalue weighted by atomic mass is 32.2. The zero-order valence-electron chi connectivity index (χ0n) is 16.3. The maximum atomic E-state index is 13.6. The third-order valence-electron chi connectivity index (χ3n) is 4.87. The van der Waals surface area contributed by atoms with Crippen molar-refractivity contribution in [2.75, 3.05) is 30.7 Å². The highest BCUT2D eigenvalue weighted by Gasteiger charge is 2.28. The molecule has 0 radical (unpaired) electrons. The zero-order valence-corrected chi connectivity index (χ0v) is 17.1. The molecule has 1 atom stereocenters. The minimum Gasteiger partial charge on any atom is -0.355 e. The molecular formula is C22H26FN3O2S. The topological polar surface area (TPSA) is 61.4 Å². The average Bonchev–Trinajstić information content (AvgIpc) is 2.75. The van der Waals surface area contributed by atoms with E-state index in [1.54, 1.807) is 28.8 Å². The van der Waals surface area contributed by atoms with E-state index in [0.29, 0.717) is 36.7 Å². The van der Waals surface area contributed by atoms with Gasteiger partial charge in [-0.25, -0.2) is 9.18 Å². The molecule has 0 bridgehead atoms. The summed E-state index contributed by atoms with van der Waals surface area (Å²) < 4.78 is 13.6. The highest BCUT2D eigenvalue weighted by molar-refractivity contribution is 7.98. The maximum Gasteiger partial charge on any atom is 0.321 e. The van der Waals surface area contributed by atoms with Crippen molar-refractivity contribution in [3.8, 4) is 0 Å². The Morgan fingerprint density at radius 1 is 1.10 bits per heavy atom. The summed E-state index contributed by atoms with van der Waals surface area (Å²) in [5, 5.41) is 5.82. The summed E-state index contributed by atoms with van der Waals surface area (Å²) in [6, 6.07) is 15.9. The van der Waals surface area contributed by atoms with E-state index in [9.17, 15) is 14.0 Å². The van der Waals surface area contributed by atoms with Gasteiger partial charge >= 0.3 is 6.03 Å². The summed E-state index contributed by atoms with van der Waals surface area (Å²) >= 11 is 1.59. The van der Waals surface area contributed by atoms with Crippen molar-refractivity contribution in [1.29, 1.82) is 0 Å². The number of halogens is 1. The molecule has 0 aromatic heterocycles. The fourth-order valence-electron chi connectivity index (χ4n) is 3.29. The van der Waals surface area contributed by atoms with Crippen LogP contribution in [0.4, 0.5) is 14.9 Å². The Hall–Kier alpha value is -2.54. The van der Waals surface area contributed by atoms with E-state index in [0.717, 1.165) is 18.5 Å². The predicted octanol–water partition coefficient (Wildman–Crippen LogP) is 4.12. The van der Waals surface area contributed by atoms with Crippen molar-refractivity contribution in [2.45, 2.75) is 18.6 Å². The number of thioether (sulfide) groups is 1. The lowest BCUT2D eigenvalue weighted by molar-refractivity contribution is -0.126. The summed E-state index contributed by atoms with van der Waals surface area (Å²) in [5.74, 6) is 0.889. The molecule has 1 aliphatic rings. The molecule has 1 fully saturated rings. The van der Waals surface area contributed by atoms with E-state index < -0.39 is 0 Å². The number of carbonyl (C=O) groups excluding carboxylic acids is 2. The number of amides is 3. The molecule has 2 aromatic rings. The Morgan fingerprint density at radius 2 is 1.86 bits per heavy atom. The third-order valence-corrected chi connectivity index (χ3v) is 5.87. The summed E-state index contributed by atoms with van der Waals surface area (Å²) in [5.41, 5.74) is 1.42. The minimum atomic E-state index is -0.194. The first-order chi connectivity index (χ1) is 14.1. The number of hydrogen-bond acceptors (Lipinski definition) is 3. The van der Waals surface area contributed by atoms with E-state index >= 15 is 0 Å². The summed E-state index contributed by atoms with van der Waals surface area (Å²) in [6.45, 7) is 1.61. The molecular weight excluding hydrogens is 389 g/mol. The second kappa shape index (κ2) is 10.9. The van der Waals surface area contributed by atoms with Gasteiger partial charge in [-0.05, 0) is 36.6 Å². The lowest BCUT2D eigenvalue weighted by atomic mass is 9.97. The largest absolute Gasteiger partial charge is 0.355 e. The van der Waals surface area contributed by atoms with Crippen molar-refractivity contribution in [2.24, 2.45) is 5.92 Å². The van der Waals surface area contributed by atoms with Gasteiger partial charge in [-0.1, -0.05) is 36.4 Å². The zero-order chi connectivity index (χ0) is 20.5. The van der Waals surface area contributed by atoms with Gasteiger partial charge in [-0.15, -0.1) is 0 Å². The highest BCUT2D eigenvalue weighted by Crippen LogP contribution is 2.19. The van der Waals surface area contributed by atoms with Crippen molar-refractivity contribution >= 4 is 29.4 Å². The first-order valence-electron chi connectivity index (χ1n) is 9.83. The van der Waals surface area contributed by atoms with Gasteiger partial charge in [0.15, 0.2) is 0 Å². The molecule has 29 heavy (non-hydrogen) atoms. The monoisotopic (exact) mass is 415 g/mol. The molecule has 0 spiro atoms. The second-order valence-corrected chi connectivity index (χ2v) is 8.12. The van der Waals surface area contributed by atoms with E-state index in [1.165, 1.54) is 6.07 Å². The van der Waals surface area contributed by atoms with Crippen molar-refractivity contribution in [1.82, 2.24) is 10.2 Å². The number of nitrogens with one attached hydrogen (secondary N) is 2. The normalized spacial score (nSPS) is 16.3. The number of rotatable bonds is 7. The van der Waals surface area contributed by atoms with Crippen LogP contribution in [0.5, 0.6) is 0 Å². The number of urea groups is 1. The van der Waals surface area contributed by atoms with Gasteiger partial charge in [0.2, 0.25) is 5.91 Å². The molecule has 5 nitrogen and oxygen atoms in total. The van der Waals surface area contributed by atoms with Crippen LogP contribution in [0.2, 0.25) is 0 Å². The number of piperidine rings is 1. The van der Waals surface area contributed by atoms with Crippen LogP contribution in [0.1, 0.15) is 18.4 Å². The molecule has 0 saturated carbocycles. The number of carbonyl (C=O) groups is 2. The van der Waals surface area contributed by atoms with Gasteiger partial charge in [0, 0.05) is 36.8 Å². The molecule has 0 unspecified atom stereocenters. The lowest BCUT2D eigenvalue weighted by Gasteiger charge is -2.32. The standard InChI is InChI=1S/C22H26FN3O2S/c23-20-11-5-4-7-18(20)16-29-14-12-24-21(27)17-8-6-13-26(15-17)22(28)25-19-9-2-1-3-10-19/h1-5,7,9-11,17H,6,8,12-16H2,(H,24,27)(H,25,28)/t17-/m1/s1. The summed E-state index contributed by atoms with van der Waals surface area (Å²) in [4.78, 5) is 26.6. The van der Waals surface area contributed by atoms with Crippen LogP contribution in [0, 0.1) is 11.7 Å².